The van der Waals surface area contributed by atoms with Crippen LogP contribution in [0.3, 0.4) is 0 Å². The lowest BCUT2D eigenvalue weighted by Gasteiger charge is -2.40. The molecule has 120 valence electrons. The Kier molecular flexibility index (Phi) is 4.55. The van der Waals surface area contributed by atoms with Crippen LogP contribution in [0.25, 0.3) is 11.4 Å². The summed E-state index contributed by atoms with van der Waals surface area (Å²) in [5.74, 6) is 1.72. The third-order valence-electron chi connectivity index (χ3n) is 4.32. The predicted octanol–water partition coefficient (Wildman–Crippen LogP) is 2.59. The number of benzene rings is 1. The highest BCUT2D eigenvalue weighted by Gasteiger charge is 2.33. The summed E-state index contributed by atoms with van der Waals surface area (Å²) in [7, 11) is 0. The van der Waals surface area contributed by atoms with Gasteiger partial charge < -0.3 is 9.80 Å². The third kappa shape index (κ3) is 3.04. The number of hydrogen-bond donors (Lipinski definition) is 0. The van der Waals surface area contributed by atoms with E-state index in [-0.39, 0.29) is 11.9 Å². The Morgan fingerprint density at radius 1 is 1.13 bits per heavy atom. The zero-order chi connectivity index (χ0) is 16.2. The summed E-state index contributed by atoms with van der Waals surface area (Å²) in [6.07, 6.45) is 2.55. The number of rotatable bonds is 4. The zero-order valence-corrected chi connectivity index (χ0v) is 13.6. The van der Waals surface area contributed by atoms with Crippen molar-refractivity contribution in [2.24, 2.45) is 0 Å². The fourth-order valence-corrected chi connectivity index (χ4v) is 3.06. The number of hydrogen-bond acceptors (Lipinski definition) is 4. The van der Waals surface area contributed by atoms with Gasteiger partial charge in [0.15, 0.2) is 5.82 Å². The van der Waals surface area contributed by atoms with E-state index < -0.39 is 0 Å². The molecule has 0 radical (unpaired) electrons. The second-order valence-corrected chi connectivity index (χ2v) is 5.64. The Balaban J connectivity index is 1.91. The average molecular weight is 310 g/mol. The maximum atomic E-state index is 12.6. The predicted molar refractivity (Wildman–Crippen MR) is 91.1 cm³/mol. The summed E-state index contributed by atoms with van der Waals surface area (Å²) in [6.45, 7) is 6.40. The number of aromatic nitrogens is 2. The van der Waals surface area contributed by atoms with E-state index in [0.717, 1.165) is 37.4 Å². The first-order chi connectivity index (χ1) is 11.2. The van der Waals surface area contributed by atoms with Crippen LogP contribution in [0.1, 0.15) is 20.3 Å². The molecule has 23 heavy (non-hydrogen) atoms. The molecule has 0 bridgehead atoms. The first-order valence-electron chi connectivity index (χ1n) is 8.18. The van der Waals surface area contributed by atoms with Crippen molar-refractivity contribution in [1.29, 1.82) is 0 Å². The Bertz CT molecular complexity index is 674. The second kappa shape index (κ2) is 6.77. The average Bonchev–Trinajstić information content (AvgIpc) is 2.62. The fraction of sp³-hybridized carbons (Fsp3) is 0.389. The monoisotopic (exact) mass is 310 g/mol. The largest absolute Gasteiger partial charge is 0.343 e. The summed E-state index contributed by atoms with van der Waals surface area (Å²) >= 11 is 0. The minimum absolute atomic E-state index is 0.137. The van der Waals surface area contributed by atoms with Gasteiger partial charge in [0.2, 0.25) is 5.91 Å². The lowest BCUT2D eigenvalue weighted by Crippen LogP contribution is -2.57. The van der Waals surface area contributed by atoms with Crippen LogP contribution in [0.5, 0.6) is 0 Å². The molecule has 1 aromatic carbocycles. The highest BCUT2D eigenvalue weighted by Crippen LogP contribution is 2.23. The van der Waals surface area contributed by atoms with Crippen molar-refractivity contribution in [3.8, 4) is 11.4 Å². The number of likely N-dealkylation sites (N-methyl/N-ethyl adjacent to an activating group) is 1. The Morgan fingerprint density at radius 2 is 1.91 bits per heavy atom. The molecular formula is C18H22N4O. The van der Waals surface area contributed by atoms with Gasteiger partial charge in [0, 0.05) is 31.4 Å². The van der Waals surface area contributed by atoms with Crippen molar-refractivity contribution in [1.82, 2.24) is 14.9 Å². The van der Waals surface area contributed by atoms with E-state index in [1.807, 2.05) is 55.1 Å². The molecule has 1 amide bonds. The summed E-state index contributed by atoms with van der Waals surface area (Å²) < 4.78 is 0. The molecule has 1 unspecified atom stereocenters. The Morgan fingerprint density at radius 3 is 2.61 bits per heavy atom. The van der Waals surface area contributed by atoms with Crippen LogP contribution in [-0.2, 0) is 4.79 Å². The number of carbonyl (C=O) groups is 1. The molecule has 1 saturated heterocycles. The smallest absolute Gasteiger partial charge is 0.245 e. The lowest BCUT2D eigenvalue weighted by atomic mass is 10.1. The molecule has 5 heteroatoms. The van der Waals surface area contributed by atoms with Crippen molar-refractivity contribution >= 4 is 11.7 Å². The van der Waals surface area contributed by atoms with Gasteiger partial charge >= 0.3 is 0 Å². The maximum absolute atomic E-state index is 12.6. The fourth-order valence-electron chi connectivity index (χ4n) is 3.06. The van der Waals surface area contributed by atoms with E-state index in [1.54, 1.807) is 6.20 Å². The van der Waals surface area contributed by atoms with Gasteiger partial charge in [-0.15, -0.1) is 0 Å². The number of amides is 1. The van der Waals surface area contributed by atoms with Gasteiger partial charge in [-0.3, -0.25) is 4.79 Å². The number of nitrogens with zero attached hydrogens (tertiary/aromatic N) is 4. The minimum Gasteiger partial charge on any atom is -0.343 e. The first-order valence-corrected chi connectivity index (χ1v) is 8.18. The summed E-state index contributed by atoms with van der Waals surface area (Å²) in [4.78, 5) is 25.7. The van der Waals surface area contributed by atoms with Gasteiger partial charge in [-0.1, -0.05) is 37.3 Å². The third-order valence-corrected chi connectivity index (χ3v) is 4.32. The van der Waals surface area contributed by atoms with Crippen LogP contribution in [0, 0.1) is 0 Å². The summed E-state index contributed by atoms with van der Waals surface area (Å²) in [6, 6.07) is 11.7. The van der Waals surface area contributed by atoms with Crippen molar-refractivity contribution in [2.75, 3.05) is 24.5 Å². The molecule has 0 saturated carbocycles. The molecule has 0 spiro atoms. The molecule has 1 fully saturated rings. The standard InChI is InChI=1S/C18H22N4O/c1-3-15-18(23)21(4-2)12-13-22(15)16-10-11-19-17(20-16)14-8-6-5-7-9-14/h5-11,15H,3-4,12-13H2,1-2H3. The molecule has 2 aromatic rings. The second-order valence-electron chi connectivity index (χ2n) is 5.64. The van der Waals surface area contributed by atoms with Crippen molar-refractivity contribution in [3.05, 3.63) is 42.6 Å². The van der Waals surface area contributed by atoms with Gasteiger partial charge in [0.25, 0.3) is 0 Å². The van der Waals surface area contributed by atoms with E-state index in [0.29, 0.717) is 5.82 Å². The van der Waals surface area contributed by atoms with Crippen LogP contribution in [-0.4, -0.2) is 46.5 Å². The van der Waals surface area contributed by atoms with Gasteiger partial charge in [-0.05, 0) is 19.4 Å². The molecular weight excluding hydrogens is 288 g/mol. The van der Waals surface area contributed by atoms with E-state index in [2.05, 4.69) is 9.88 Å². The number of anilines is 1. The summed E-state index contributed by atoms with van der Waals surface area (Å²) in [5, 5.41) is 0. The van der Waals surface area contributed by atoms with Crippen LogP contribution in [0.4, 0.5) is 5.82 Å². The maximum Gasteiger partial charge on any atom is 0.245 e. The van der Waals surface area contributed by atoms with Crippen molar-refractivity contribution in [2.45, 2.75) is 26.3 Å². The van der Waals surface area contributed by atoms with Crippen LogP contribution in [0.15, 0.2) is 42.6 Å². The molecule has 5 nitrogen and oxygen atoms in total. The van der Waals surface area contributed by atoms with E-state index in [9.17, 15) is 4.79 Å². The summed E-state index contributed by atoms with van der Waals surface area (Å²) in [5.41, 5.74) is 0.987. The molecule has 0 aliphatic carbocycles. The molecule has 3 rings (SSSR count). The zero-order valence-electron chi connectivity index (χ0n) is 13.6. The molecule has 0 N–H and O–H groups in total. The normalized spacial score (nSPS) is 18.3. The number of piperazine rings is 1. The molecule has 1 aliphatic heterocycles. The van der Waals surface area contributed by atoms with Gasteiger partial charge in [-0.25, -0.2) is 9.97 Å². The molecule has 1 aromatic heterocycles. The first kappa shape index (κ1) is 15.5. The van der Waals surface area contributed by atoms with Crippen molar-refractivity contribution < 1.29 is 4.79 Å². The Hall–Kier alpha value is -2.43. The van der Waals surface area contributed by atoms with Crippen LogP contribution < -0.4 is 4.90 Å². The van der Waals surface area contributed by atoms with Gasteiger partial charge in [0.05, 0.1) is 0 Å². The van der Waals surface area contributed by atoms with Gasteiger partial charge in [0.1, 0.15) is 11.9 Å². The SMILES string of the molecule is CCC1C(=O)N(CC)CCN1c1ccnc(-c2ccccc2)n1. The quantitative estimate of drug-likeness (QED) is 0.871. The highest BCUT2D eigenvalue weighted by molar-refractivity contribution is 5.86. The van der Waals surface area contributed by atoms with Crippen LogP contribution >= 0.6 is 0 Å². The minimum atomic E-state index is -0.137. The van der Waals surface area contributed by atoms with E-state index >= 15 is 0 Å². The molecule has 1 aliphatic rings. The van der Waals surface area contributed by atoms with Gasteiger partial charge in [-0.2, -0.15) is 0 Å². The topological polar surface area (TPSA) is 49.3 Å². The Labute approximate surface area is 137 Å². The van der Waals surface area contributed by atoms with E-state index in [1.165, 1.54) is 0 Å². The van der Waals surface area contributed by atoms with E-state index in [4.69, 9.17) is 4.98 Å². The van der Waals surface area contributed by atoms with Crippen molar-refractivity contribution in [3.63, 3.8) is 0 Å². The highest BCUT2D eigenvalue weighted by atomic mass is 16.2. The lowest BCUT2D eigenvalue weighted by molar-refractivity contribution is -0.134. The number of carbonyl (C=O) groups excluding carboxylic acids is 1. The van der Waals surface area contributed by atoms with Crippen LogP contribution in [0.2, 0.25) is 0 Å². The molecule has 2 heterocycles. The molecule has 1 atom stereocenters.